The number of β-lactam (4-membered cyclic amide) rings is 1. The van der Waals surface area contributed by atoms with Gasteiger partial charge in [-0.3, -0.25) is 14.5 Å². The molecule has 3 N–H and O–H groups in total. The van der Waals surface area contributed by atoms with Crippen LogP contribution in [0.5, 0.6) is 0 Å². The molecule has 0 aliphatic carbocycles. The summed E-state index contributed by atoms with van der Waals surface area (Å²) in [5, 5.41) is 20.7. The lowest BCUT2D eigenvalue weighted by Gasteiger charge is -2.49. The summed E-state index contributed by atoms with van der Waals surface area (Å²) in [7, 11) is 0. The van der Waals surface area contributed by atoms with E-state index in [-0.39, 0.29) is 16.8 Å². The molecule has 2 aliphatic rings. The molecule has 1 fully saturated rings. The SMILES string of the molecule is CSCC1=C(C(=O)O)N2C(=O)C(NC(=O)c3ccccc3C(=O)O)[C@H]2SC1. The molecule has 0 radical (unpaired) electrons. The van der Waals surface area contributed by atoms with E-state index in [1.807, 2.05) is 6.26 Å². The molecule has 2 heterocycles. The maximum absolute atomic E-state index is 12.5. The van der Waals surface area contributed by atoms with Crippen LogP contribution >= 0.6 is 23.5 Å². The van der Waals surface area contributed by atoms with Crippen molar-refractivity contribution < 1.29 is 29.4 Å². The molecule has 1 unspecified atom stereocenters. The lowest BCUT2D eigenvalue weighted by Crippen LogP contribution is -2.70. The largest absolute Gasteiger partial charge is 0.478 e. The molecule has 142 valence electrons. The monoisotopic (exact) mass is 408 g/mol. The van der Waals surface area contributed by atoms with E-state index in [0.29, 0.717) is 17.1 Å². The van der Waals surface area contributed by atoms with Gasteiger partial charge >= 0.3 is 11.9 Å². The Morgan fingerprint density at radius 1 is 1.22 bits per heavy atom. The Morgan fingerprint density at radius 2 is 1.89 bits per heavy atom. The number of fused-ring (bicyclic) bond motifs is 1. The summed E-state index contributed by atoms with van der Waals surface area (Å²) in [6.07, 6.45) is 1.85. The molecule has 1 aromatic carbocycles. The fraction of sp³-hybridized carbons (Fsp3) is 0.294. The molecule has 10 heteroatoms. The quantitative estimate of drug-likeness (QED) is 0.598. The fourth-order valence-corrected chi connectivity index (χ4v) is 5.12. The standard InChI is InChI=1S/C17H16N2O6S2/c1-26-6-8-7-27-15-11(14(21)19(15)12(8)17(24)25)18-13(20)9-4-2-3-5-10(9)16(22)23/h2-5,11,15H,6-7H2,1H3,(H,18,20)(H,22,23)(H,24,25)/t11?,15-/m1/s1. The number of carbonyl (C=O) groups excluding carboxylic acids is 2. The second-order valence-corrected chi connectivity index (χ2v) is 7.87. The number of nitrogens with one attached hydrogen (secondary N) is 1. The van der Waals surface area contributed by atoms with Crippen molar-refractivity contribution in [2.75, 3.05) is 17.8 Å². The molecule has 1 aromatic rings. The first kappa shape index (κ1) is 19.3. The van der Waals surface area contributed by atoms with Crippen molar-refractivity contribution in [3.8, 4) is 0 Å². The molecule has 3 rings (SSSR count). The number of aromatic carboxylic acids is 1. The van der Waals surface area contributed by atoms with Gasteiger partial charge in [0.1, 0.15) is 17.1 Å². The lowest BCUT2D eigenvalue weighted by molar-refractivity contribution is -0.148. The molecular formula is C17H16N2O6S2. The van der Waals surface area contributed by atoms with Crippen molar-refractivity contribution in [1.82, 2.24) is 10.2 Å². The van der Waals surface area contributed by atoms with Gasteiger partial charge in [0.2, 0.25) is 0 Å². The summed E-state index contributed by atoms with van der Waals surface area (Å²) in [5.74, 6) is -2.64. The highest BCUT2D eigenvalue weighted by atomic mass is 32.2. The molecule has 2 amide bonds. The number of carboxylic acid groups (broad SMARTS) is 2. The molecule has 27 heavy (non-hydrogen) atoms. The predicted octanol–water partition coefficient (Wildman–Crippen LogP) is 1.10. The minimum absolute atomic E-state index is 0.0189. The molecule has 0 spiro atoms. The number of rotatable bonds is 6. The number of hydrogen-bond acceptors (Lipinski definition) is 6. The van der Waals surface area contributed by atoms with Crippen LogP contribution in [0.15, 0.2) is 35.5 Å². The average molecular weight is 408 g/mol. The van der Waals surface area contributed by atoms with Crippen LogP contribution in [-0.4, -0.2) is 68.0 Å². The second-order valence-electron chi connectivity index (χ2n) is 5.90. The zero-order valence-electron chi connectivity index (χ0n) is 14.2. The summed E-state index contributed by atoms with van der Waals surface area (Å²) < 4.78 is 0. The zero-order valence-corrected chi connectivity index (χ0v) is 15.8. The highest BCUT2D eigenvalue weighted by Gasteiger charge is 2.54. The number of carbonyl (C=O) groups is 4. The summed E-state index contributed by atoms with van der Waals surface area (Å²) in [6.45, 7) is 0. The van der Waals surface area contributed by atoms with Gasteiger partial charge in [-0.2, -0.15) is 11.8 Å². The molecule has 0 aromatic heterocycles. The number of amides is 2. The van der Waals surface area contributed by atoms with E-state index in [4.69, 9.17) is 0 Å². The van der Waals surface area contributed by atoms with Crippen molar-refractivity contribution in [3.05, 3.63) is 46.7 Å². The Bertz CT molecular complexity index is 869. The second kappa shape index (κ2) is 7.65. The predicted molar refractivity (Wildman–Crippen MR) is 101 cm³/mol. The normalized spacial score (nSPS) is 21.4. The van der Waals surface area contributed by atoms with Crippen LogP contribution in [0.2, 0.25) is 0 Å². The van der Waals surface area contributed by atoms with Crippen LogP contribution in [0.1, 0.15) is 20.7 Å². The zero-order chi connectivity index (χ0) is 19.7. The van der Waals surface area contributed by atoms with E-state index in [1.54, 1.807) is 0 Å². The van der Waals surface area contributed by atoms with E-state index in [9.17, 15) is 29.4 Å². The third-order valence-corrected chi connectivity index (χ3v) is 6.23. The molecule has 2 atom stereocenters. The molecule has 0 bridgehead atoms. The summed E-state index contributed by atoms with van der Waals surface area (Å²) in [6, 6.07) is 4.82. The number of aliphatic carboxylic acids is 1. The first-order chi connectivity index (χ1) is 12.9. The van der Waals surface area contributed by atoms with Crippen LogP contribution in [0.25, 0.3) is 0 Å². The number of nitrogens with zero attached hydrogens (tertiary/aromatic N) is 1. The Labute approximate surface area is 163 Å². The Hall–Kier alpha value is -2.46. The Morgan fingerprint density at radius 3 is 2.48 bits per heavy atom. The van der Waals surface area contributed by atoms with Gasteiger partial charge in [0, 0.05) is 11.5 Å². The maximum Gasteiger partial charge on any atom is 0.352 e. The Kier molecular flexibility index (Phi) is 5.47. The summed E-state index contributed by atoms with van der Waals surface area (Å²) in [4.78, 5) is 49.1. The number of thioether (sulfide) groups is 2. The first-order valence-electron chi connectivity index (χ1n) is 7.89. The number of benzene rings is 1. The van der Waals surface area contributed by atoms with Gasteiger partial charge in [0.25, 0.3) is 11.8 Å². The molecule has 1 saturated heterocycles. The van der Waals surface area contributed by atoms with Crippen molar-refractivity contribution in [2.24, 2.45) is 0 Å². The van der Waals surface area contributed by atoms with Crippen molar-refractivity contribution in [3.63, 3.8) is 0 Å². The summed E-state index contributed by atoms with van der Waals surface area (Å²) >= 11 is 2.85. The van der Waals surface area contributed by atoms with E-state index < -0.39 is 35.2 Å². The molecule has 8 nitrogen and oxygen atoms in total. The minimum atomic E-state index is -1.24. The van der Waals surface area contributed by atoms with Crippen LogP contribution in [0, 0.1) is 0 Å². The van der Waals surface area contributed by atoms with Gasteiger partial charge in [-0.15, -0.1) is 11.8 Å². The minimum Gasteiger partial charge on any atom is -0.478 e. The van der Waals surface area contributed by atoms with Crippen molar-refractivity contribution >= 4 is 47.3 Å². The van der Waals surface area contributed by atoms with Gasteiger partial charge in [0.15, 0.2) is 0 Å². The van der Waals surface area contributed by atoms with E-state index in [0.717, 1.165) is 0 Å². The average Bonchev–Trinajstić information content (AvgIpc) is 2.65. The number of carboxylic acids is 2. The van der Waals surface area contributed by atoms with E-state index in [2.05, 4.69) is 5.32 Å². The highest BCUT2D eigenvalue weighted by molar-refractivity contribution is 8.00. The Balaban J connectivity index is 1.81. The first-order valence-corrected chi connectivity index (χ1v) is 10.3. The van der Waals surface area contributed by atoms with E-state index >= 15 is 0 Å². The van der Waals surface area contributed by atoms with Crippen molar-refractivity contribution in [2.45, 2.75) is 11.4 Å². The van der Waals surface area contributed by atoms with Crippen LogP contribution in [-0.2, 0) is 9.59 Å². The van der Waals surface area contributed by atoms with Crippen LogP contribution < -0.4 is 5.32 Å². The summed E-state index contributed by atoms with van der Waals surface area (Å²) in [5.41, 5.74) is 0.442. The topological polar surface area (TPSA) is 124 Å². The van der Waals surface area contributed by atoms with E-state index in [1.165, 1.54) is 52.7 Å². The fourth-order valence-electron chi connectivity index (χ4n) is 3.06. The lowest BCUT2D eigenvalue weighted by atomic mass is 10.0. The molecule has 0 saturated carbocycles. The highest BCUT2D eigenvalue weighted by Crippen LogP contribution is 2.41. The maximum atomic E-state index is 12.5. The molecule has 2 aliphatic heterocycles. The third-order valence-electron chi connectivity index (χ3n) is 4.26. The van der Waals surface area contributed by atoms with Crippen LogP contribution in [0.4, 0.5) is 0 Å². The van der Waals surface area contributed by atoms with Gasteiger partial charge in [-0.25, -0.2) is 9.59 Å². The van der Waals surface area contributed by atoms with Gasteiger partial charge in [-0.05, 0) is 24.0 Å². The molecular weight excluding hydrogens is 392 g/mol. The van der Waals surface area contributed by atoms with Gasteiger partial charge in [-0.1, -0.05) is 12.1 Å². The van der Waals surface area contributed by atoms with Gasteiger partial charge in [0.05, 0.1) is 11.1 Å². The van der Waals surface area contributed by atoms with Crippen LogP contribution in [0.3, 0.4) is 0 Å². The van der Waals surface area contributed by atoms with Gasteiger partial charge < -0.3 is 15.5 Å². The number of hydrogen-bond donors (Lipinski definition) is 3. The van der Waals surface area contributed by atoms with Crippen molar-refractivity contribution in [1.29, 1.82) is 0 Å². The third kappa shape index (κ3) is 3.42. The smallest absolute Gasteiger partial charge is 0.352 e.